The summed E-state index contributed by atoms with van der Waals surface area (Å²) in [7, 11) is 6.24. The standard InChI is InChI=1S/C64H109BrO46/c1-6-57-53-62(70-11-15-74-78-19-23-82-86-27-31-90-94-35-39-98-102-43-47-106-110-51-49-108-104-45-41-100-96-37-33-92-88-29-25-84-80-21-17-76-72-13-9-66-2)58(54-61(57)68-4)7-8-59-55-64(69-5)60(65)56-63(59)71-12-16-75-79-20-24-83-87-28-32-91-95-36-40-99-103-44-48-107-111-52-50-109-105-46-42-101-97-38-34-93-89-30-26-85-81-22-18-77-73-14-10-67-3/h6-8,53-56H,1,9-52H2,2-5H3/b8-7+. The minimum absolute atomic E-state index is 0.0599. The lowest BCUT2D eigenvalue weighted by atomic mass is 10.1. The number of hydrogen-bond acceptors (Lipinski definition) is 46. The van der Waals surface area contributed by atoms with Crippen LogP contribution in [0.5, 0.6) is 23.0 Å². The van der Waals surface area contributed by atoms with E-state index >= 15 is 0 Å². The van der Waals surface area contributed by atoms with Crippen molar-refractivity contribution in [1.82, 2.24) is 0 Å². The minimum atomic E-state index is 0.0599. The predicted molar refractivity (Wildman–Crippen MR) is 366 cm³/mol. The maximum Gasteiger partial charge on any atom is 0.133 e. The number of ether oxygens (including phenoxy) is 6. The molecule has 0 N–H and O–H groups in total. The van der Waals surface area contributed by atoms with E-state index in [0.29, 0.717) is 70.6 Å². The van der Waals surface area contributed by atoms with Crippen LogP contribution in [0.15, 0.2) is 35.3 Å². The molecule has 0 bridgehead atoms. The highest BCUT2D eigenvalue weighted by molar-refractivity contribution is 9.10. The van der Waals surface area contributed by atoms with Gasteiger partial charge in [-0.25, -0.2) is 196 Å². The molecule has 0 amide bonds. The van der Waals surface area contributed by atoms with Crippen LogP contribution in [0.2, 0.25) is 0 Å². The summed E-state index contributed by atoms with van der Waals surface area (Å²) >= 11 is 3.53. The Morgan fingerprint density at radius 3 is 0.523 bits per heavy atom. The van der Waals surface area contributed by atoms with Crippen LogP contribution < -0.4 is 18.9 Å². The van der Waals surface area contributed by atoms with Crippen molar-refractivity contribution < 1.29 is 224 Å². The van der Waals surface area contributed by atoms with E-state index in [9.17, 15) is 0 Å². The summed E-state index contributed by atoms with van der Waals surface area (Å²) in [6.07, 6.45) is 5.33. The molecule has 46 nitrogen and oxygen atoms in total. The molecule has 0 aliphatic heterocycles. The SMILES string of the molecule is C=Cc1cc(OCCOOCCOOCCOOCCOOCCOOCCOOCCOOCCOOCCOOCCOOCCOC)c(/C=C/c2cc(OC)c(Br)cc2OCCOOCCOOCCOOCCOOCCOOCCOOCCOOCCOOCCOOCCOOCCOC)cc1OC. The van der Waals surface area contributed by atoms with Crippen LogP contribution in [0.1, 0.15) is 16.7 Å². The molecule has 0 aliphatic carbocycles. The van der Waals surface area contributed by atoms with Crippen molar-refractivity contribution in [3.8, 4) is 23.0 Å². The van der Waals surface area contributed by atoms with Crippen LogP contribution in [0, 0.1) is 0 Å². The normalized spacial score (nSPS) is 11.7. The van der Waals surface area contributed by atoms with Crippen molar-refractivity contribution >= 4 is 34.2 Å². The number of halogens is 1. The Labute approximate surface area is 650 Å². The lowest BCUT2D eigenvalue weighted by molar-refractivity contribution is -0.379. The van der Waals surface area contributed by atoms with Crippen LogP contribution in [0.3, 0.4) is 0 Å². The predicted octanol–water partition coefficient (Wildman–Crippen LogP) is 4.29. The van der Waals surface area contributed by atoms with Gasteiger partial charge in [0.05, 0.1) is 31.9 Å². The highest BCUT2D eigenvalue weighted by atomic mass is 79.9. The van der Waals surface area contributed by atoms with Gasteiger partial charge in [0.2, 0.25) is 0 Å². The Bertz CT molecular complexity index is 2300. The van der Waals surface area contributed by atoms with Gasteiger partial charge in [-0.15, -0.1) is 0 Å². The fraction of sp³-hybridized carbons (Fsp3) is 0.750. The van der Waals surface area contributed by atoms with Gasteiger partial charge in [-0.05, 0) is 40.2 Å². The number of rotatable bonds is 93. The van der Waals surface area contributed by atoms with Gasteiger partial charge in [-0.2, -0.15) is 0 Å². The first-order valence-corrected chi connectivity index (χ1v) is 35.4. The van der Waals surface area contributed by atoms with E-state index in [4.69, 9.17) is 224 Å². The lowest BCUT2D eigenvalue weighted by Gasteiger charge is -2.15. The fourth-order valence-electron chi connectivity index (χ4n) is 6.51. The van der Waals surface area contributed by atoms with Crippen molar-refractivity contribution in [2.24, 2.45) is 0 Å². The lowest BCUT2D eigenvalue weighted by Crippen LogP contribution is -2.13. The zero-order chi connectivity index (χ0) is 79.2. The van der Waals surface area contributed by atoms with Crippen molar-refractivity contribution in [1.29, 1.82) is 0 Å². The third-order valence-electron chi connectivity index (χ3n) is 11.1. The van der Waals surface area contributed by atoms with E-state index in [1.54, 1.807) is 46.6 Å². The average Bonchev–Trinajstić information content (AvgIpc) is 0.824. The van der Waals surface area contributed by atoms with Gasteiger partial charge >= 0.3 is 0 Å². The Morgan fingerprint density at radius 1 is 0.198 bits per heavy atom. The van der Waals surface area contributed by atoms with Crippen molar-refractivity contribution in [3.63, 3.8) is 0 Å². The quantitative estimate of drug-likeness (QED) is 0.0385. The highest BCUT2D eigenvalue weighted by Crippen LogP contribution is 2.36. The molecule has 648 valence electrons. The number of hydrogen-bond donors (Lipinski definition) is 0. The topological polar surface area (TPSA) is 425 Å². The van der Waals surface area contributed by atoms with E-state index in [-0.39, 0.29) is 264 Å². The molecule has 2 aromatic rings. The summed E-state index contributed by atoms with van der Waals surface area (Å²) in [5, 5.41) is 0. The maximum atomic E-state index is 6.11. The first kappa shape index (κ1) is 103. The first-order valence-electron chi connectivity index (χ1n) is 34.6. The largest absolute Gasteiger partial charge is 0.496 e. The van der Waals surface area contributed by atoms with Crippen molar-refractivity contribution in [2.75, 3.05) is 319 Å². The van der Waals surface area contributed by atoms with Crippen LogP contribution in [0.4, 0.5) is 0 Å². The molecule has 0 aromatic heterocycles. The third kappa shape index (κ3) is 68.8. The van der Waals surface area contributed by atoms with Gasteiger partial charge in [0.15, 0.2) is 0 Å². The monoisotopic (exact) mass is 1690 g/mol. The second-order valence-electron chi connectivity index (χ2n) is 19.3. The molecule has 0 saturated carbocycles. The Hall–Kier alpha value is -4.08. The molecule has 0 fully saturated rings. The van der Waals surface area contributed by atoms with Gasteiger partial charge in [0, 0.05) is 30.9 Å². The molecule has 0 atom stereocenters. The summed E-state index contributed by atoms with van der Waals surface area (Å²) in [6, 6.07) is 7.20. The van der Waals surface area contributed by atoms with Gasteiger partial charge in [-0.3, -0.25) is 0 Å². The summed E-state index contributed by atoms with van der Waals surface area (Å²) in [5.41, 5.74) is 2.06. The molecule has 47 heteroatoms. The van der Waals surface area contributed by atoms with Crippen LogP contribution in [-0.4, -0.2) is 319 Å². The molecule has 0 saturated heterocycles. The molecule has 0 radical (unpaired) electrons. The van der Waals surface area contributed by atoms with Gasteiger partial charge in [0.1, 0.15) is 300 Å². The first-order chi connectivity index (χ1) is 55.1. The molecule has 111 heavy (non-hydrogen) atoms. The number of benzene rings is 2. The van der Waals surface area contributed by atoms with Gasteiger partial charge in [0.25, 0.3) is 0 Å². The van der Waals surface area contributed by atoms with E-state index in [0.717, 1.165) is 0 Å². The molecule has 0 unspecified atom stereocenters. The van der Waals surface area contributed by atoms with E-state index in [1.165, 1.54) is 0 Å². The van der Waals surface area contributed by atoms with Crippen molar-refractivity contribution in [3.05, 3.63) is 52.0 Å². The summed E-state index contributed by atoms with van der Waals surface area (Å²) in [4.78, 5) is 198. The van der Waals surface area contributed by atoms with E-state index in [2.05, 4.69) is 22.5 Å². The minimum Gasteiger partial charge on any atom is -0.496 e. The third-order valence-corrected chi connectivity index (χ3v) is 11.7. The summed E-state index contributed by atoms with van der Waals surface area (Å²) < 4.78 is 33.7. The Balaban J connectivity index is 1.38. The molecule has 2 aromatic carbocycles. The molecule has 0 spiro atoms. The van der Waals surface area contributed by atoms with Crippen LogP contribution >= 0.6 is 15.9 Å². The van der Waals surface area contributed by atoms with E-state index < -0.39 is 0 Å². The number of methoxy groups -OCH3 is 4. The zero-order valence-electron chi connectivity index (χ0n) is 63.0. The zero-order valence-corrected chi connectivity index (χ0v) is 64.6. The second kappa shape index (κ2) is 85.3. The van der Waals surface area contributed by atoms with Gasteiger partial charge < -0.3 is 28.4 Å². The Morgan fingerprint density at radius 2 is 0.351 bits per heavy atom. The summed E-state index contributed by atoms with van der Waals surface area (Å²) in [6.45, 7) is 9.51. The average molecular weight is 1690 g/mol. The van der Waals surface area contributed by atoms with E-state index in [1.807, 2.05) is 24.3 Å². The Kier molecular flexibility index (Phi) is 79.1. The molecular weight excluding hydrogens is 1580 g/mol. The summed E-state index contributed by atoms with van der Waals surface area (Å²) in [5.74, 6) is 2.17. The van der Waals surface area contributed by atoms with Crippen LogP contribution in [-0.2, 0) is 205 Å². The van der Waals surface area contributed by atoms with Crippen molar-refractivity contribution in [2.45, 2.75) is 0 Å². The maximum absolute atomic E-state index is 6.11. The molecule has 0 heterocycles. The molecular formula is C64H109BrO46. The fourth-order valence-corrected chi connectivity index (χ4v) is 7.00. The second-order valence-corrected chi connectivity index (χ2v) is 20.1. The van der Waals surface area contributed by atoms with Crippen LogP contribution in [0.25, 0.3) is 18.2 Å². The van der Waals surface area contributed by atoms with Gasteiger partial charge in [-0.1, -0.05) is 24.8 Å². The molecule has 2 rings (SSSR count). The molecule has 0 aliphatic rings. The highest BCUT2D eigenvalue weighted by Gasteiger charge is 2.13. The smallest absolute Gasteiger partial charge is 0.133 e.